The maximum absolute atomic E-state index is 12.2. The van der Waals surface area contributed by atoms with Crippen LogP contribution in [-0.2, 0) is 6.61 Å². The van der Waals surface area contributed by atoms with Gasteiger partial charge in [-0.25, -0.2) is 10.4 Å². The topological polar surface area (TPSA) is 72.8 Å². The fourth-order valence-corrected chi connectivity index (χ4v) is 3.30. The average Bonchev–Trinajstić information content (AvgIpc) is 2.76. The Morgan fingerprint density at radius 2 is 1.90 bits per heavy atom. The number of amides is 1. The Labute approximate surface area is 198 Å². The van der Waals surface area contributed by atoms with Crippen LogP contribution in [0.4, 0.5) is 0 Å². The maximum Gasteiger partial charge on any atom is 0.274 e. The smallest absolute Gasteiger partial charge is 0.274 e. The van der Waals surface area contributed by atoms with E-state index in [2.05, 4.69) is 31.4 Å². The third-order valence-electron chi connectivity index (χ3n) is 4.04. The molecule has 0 bridgehead atoms. The summed E-state index contributed by atoms with van der Waals surface area (Å²) in [5, 5.41) is 4.78. The van der Waals surface area contributed by atoms with Gasteiger partial charge in [0, 0.05) is 21.3 Å². The molecule has 0 spiro atoms. The number of carbonyl (C=O) groups excluding carboxylic acids is 1. The molecule has 0 unspecified atom stereocenters. The maximum atomic E-state index is 12.2. The molecule has 2 aromatic carbocycles. The lowest BCUT2D eigenvalue weighted by atomic mass is 10.2. The number of rotatable bonds is 8. The number of carbonyl (C=O) groups is 1. The second-order valence-electron chi connectivity index (χ2n) is 6.21. The molecule has 0 radical (unpaired) electrons. The summed E-state index contributed by atoms with van der Waals surface area (Å²) < 4.78 is 12.4. The molecule has 1 amide bonds. The number of hydrazone groups is 1. The van der Waals surface area contributed by atoms with Crippen LogP contribution in [-0.4, -0.2) is 23.7 Å². The van der Waals surface area contributed by atoms with Crippen molar-refractivity contribution in [2.24, 2.45) is 5.10 Å². The van der Waals surface area contributed by atoms with E-state index in [1.54, 1.807) is 24.3 Å². The van der Waals surface area contributed by atoms with E-state index in [1.807, 2.05) is 31.2 Å². The monoisotopic (exact) mass is 521 g/mol. The van der Waals surface area contributed by atoms with Gasteiger partial charge in [0.05, 0.1) is 18.4 Å². The van der Waals surface area contributed by atoms with E-state index in [-0.39, 0.29) is 10.7 Å². The SMILES string of the molecule is CCOc1cc(C=NNC(=O)c2cccnc2Cl)c(Br)cc1OCc1ccc(Cl)cc1. The molecule has 6 nitrogen and oxygen atoms in total. The van der Waals surface area contributed by atoms with Gasteiger partial charge in [0.25, 0.3) is 5.91 Å². The average molecular weight is 523 g/mol. The van der Waals surface area contributed by atoms with Crippen LogP contribution >= 0.6 is 39.1 Å². The van der Waals surface area contributed by atoms with Crippen molar-refractivity contribution in [3.8, 4) is 11.5 Å². The lowest BCUT2D eigenvalue weighted by Crippen LogP contribution is -2.18. The van der Waals surface area contributed by atoms with E-state index in [9.17, 15) is 4.79 Å². The van der Waals surface area contributed by atoms with Gasteiger partial charge in [0.2, 0.25) is 0 Å². The van der Waals surface area contributed by atoms with Gasteiger partial charge in [-0.1, -0.05) is 35.3 Å². The van der Waals surface area contributed by atoms with Crippen molar-refractivity contribution in [1.82, 2.24) is 10.4 Å². The normalized spacial score (nSPS) is 10.8. The van der Waals surface area contributed by atoms with Crippen molar-refractivity contribution >= 4 is 51.3 Å². The minimum absolute atomic E-state index is 0.109. The summed E-state index contributed by atoms with van der Waals surface area (Å²) >= 11 is 15.4. The van der Waals surface area contributed by atoms with E-state index >= 15 is 0 Å². The summed E-state index contributed by atoms with van der Waals surface area (Å²) in [4.78, 5) is 16.1. The van der Waals surface area contributed by atoms with Gasteiger partial charge in [-0.2, -0.15) is 5.10 Å². The van der Waals surface area contributed by atoms with E-state index in [4.69, 9.17) is 32.7 Å². The molecule has 3 aromatic rings. The van der Waals surface area contributed by atoms with E-state index in [0.29, 0.717) is 35.3 Å². The Morgan fingerprint density at radius 1 is 1.16 bits per heavy atom. The van der Waals surface area contributed by atoms with Crippen molar-refractivity contribution in [2.75, 3.05) is 6.61 Å². The quantitative estimate of drug-likeness (QED) is 0.227. The van der Waals surface area contributed by atoms with Crippen LogP contribution in [0.25, 0.3) is 0 Å². The minimum Gasteiger partial charge on any atom is -0.490 e. The lowest BCUT2D eigenvalue weighted by Gasteiger charge is -2.14. The van der Waals surface area contributed by atoms with Crippen LogP contribution in [0.3, 0.4) is 0 Å². The molecule has 0 aliphatic rings. The number of hydrogen-bond acceptors (Lipinski definition) is 5. The molecule has 1 heterocycles. The van der Waals surface area contributed by atoms with Gasteiger partial charge >= 0.3 is 0 Å². The van der Waals surface area contributed by atoms with Crippen LogP contribution in [0.2, 0.25) is 10.2 Å². The summed E-state index contributed by atoms with van der Waals surface area (Å²) in [5.41, 5.74) is 4.34. The fraction of sp³-hybridized carbons (Fsp3) is 0.136. The minimum atomic E-state index is -0.460. The number of aromatic nitrogens is 1. The predicted octanol–water partition coefficient (Wildman–Crippen LogP) is 5.89. The molecular formula is C22H18BrCl2N3O3. The molecule has 160 valence electrons. The molecule has 0 fully saturated rings. The fourth-order valence-electron chi connectivity index (χ4n) is 2.55. The number of halogens is 3. The number of nitrogens with one attached hydrogen (secondary N) is 1. The van der Waals surface area contributed by atoms with Gasteiger partial charge in [-0.05, 0) is 64.8 Å². The van der Waals surface area contributed by atoms with Crippen LogP contribution in [0.15, 0.2) is 64.3 Å². The molecule has 3 rings (SSSR count). The molecule has 31 heavy (non-hydrogen) atoms. The van der Waals surface area contributed by atoms with E-state index < -0.39 is 5.91 Å². The summed E-state index contributed by atoms with van der Waals surface area (Å²) in [6, 6.07) is 14.2. The van der Waals surface area contributed by atoms with Crippen molar-refractivity contribution in [3.05, 3.63) is 86.1 Å². The molecule has 0 saturated heterocycles. The van der Waals surface area contributed by atoms with Crippen molar-refractivity contribution in [1.29, 1.82) is 0 Å². The van der Waals surface area contributed by atoms with Gasteiger partial charge in [-0.15, -0.1) is 0 Å². The molecule has 0 aliphatic carbocycles. The van der Waals surface area contributed by atoms with E-state index in [0.717, 1.165) is 10.0 Å². The zero-order valence-corrected chi connectivity index (χ0v) is 19.5. The first-order valence-electron chi connectivity index (χ1n) is 9.25. The molecule has 1 N–H and O–H groups in total. The summed E-state index contributed by atoms with van der Waals surface area (Å²) in [6.07, 6.45) is 3.00. The Kier molecular flexibility index (Phi) is 8.28. The highest BCUT2D eigenvalue weighted by Crippen LogP contribution is 2.34. The van der Waals surface area contributed by atoms with Crippen molar-refractivity contribution in [3.63, 3.8) is 0 Å². The third-order valence-corrected chi connectivity index (χ3v) is 5.28. The zero-order valence-electron chi connectivity index (χ0n) is 16.4. The Hall–Kier alpha value is -2.61. The highest BCUT2D eigenvalue weighted by Gasteiger charge is 2.12. The van der Waals surface area contributed by atoms with Gasteiger partial charge < -0.3 is 9.47 Å². The molecular weight excluding hydrogens is 505 g/mol. The predicted molar refractivity (Wildman–Crippen MR) is 125 cm³/mol. The summed E-state index contributed by atoms with van der Waals surface area (Å²) in [7, 11) is 0. The zero-order chi connectivity index (χ0) is 22.2. The number of nitrogens with zero attached hydrogens (tertiary/aromatic N) is 2. The number of benzene rings is 2. The summed E-state index contributed by atoms with van der Waals surface area (Å²) in [5.74, 6) is 0.674. The first-order chi connectivity index (χ1) is 15.0. The third kappa shape index (κ3) is 6.43. The summed E-state index contributed by atoms with van der Waals surface area (Å²) in [6.45, 7) is 2.71. The van der Waals surface area contributed by atoms with Crippen LogP contribution in [0.5, 0.6) is 11.5 Å². The molecule has 0 saturated carbocycles. The number of ether oxygens (including phenoxy) is 2. The molecule has 0 atom stereocenters. The number of hydrogen-bond donors (Lipinski definition) is 1. The van der Waals surface area contributed by atoms with Gasteiger partial charge in [-0.3, -0.25) is 4.79 Å². The Balaban J connectivity index is 1.73. The number of pyridine rings is 1. The molecule has 0 aliphatic heterocycles. The highest BCUT2D eigenvalue weighted by atomic mass is 79.9. The standard InChI is InChI=1S/C22H18BrCl2N3O3/c1-2-30-19-10-15(12-27-28-22(29)17-4-3-9-26-21(17)25)18(23)11-20(19)31-13-14-5-7-16(24)8-6-14/h3-12H,2,13H2,1H3,(H,28,29). The highest BCUT2D eigenvalue weighted by molar-refractivity contribution is 9.10. The molecule has 9 heteroatoms. The van der Waals surface area contributed by atoms with Crippen molar-refractivity contribution in [2.45, 2.75) is 13.5 Å². The largest absolute Gasteiger partial charge is 0.490 e. The van der Waals surface area contributed by atoms with Crippen LogP contribution in [0, 0.1) is 0 Å². The van der Waals surface area contributed by atoms with Gasteiger partial charge in [0.1, 0.15) is 11.8 Å². The van der Waals surface area contributed by atoms with Crippen LogP contribution in [0.1, 0.15) is 28.4 Å². The lowest BCUT2D eigenvalue weighted by molar-refractivity contribution is 0.0955. The van der Waals surface area contributed by atoms with Crippen molar-refractivity contribution < 1.29 is 14.3 Å². The first-order valence-corrected chi connectivity index (χ1v) is 10.8. The molecule has 1 aromatic heterocycles. The Morgan fingerprint density at radius 3 is 2.61 bits per heavy atom. The second kappa shape index (κ2) is 11.1. The second-order valence-corrected chi connectivity index (χ2v) is 7.86. The van der Waals surface area contributed by atoms with Crippen LogP contribution < -0.4 is 14.9 Å². The first kappa shape index (κ1) is 23.1. The van der Waals surface area contributed by atoms with E-state index in [1.165, 1.54) is 12.4 Å². The van der Waals surface area contributed by atoms with Gasteiger partial charge in [0.15, 0.2) is 11.5 Å². The Bertz CT molecular complexity index is 1090.